The maximum Gasteiger partial charge on any atom is 0.283 e. The van der Waals surface area contributed by atoms with E-state index in [0.29, 0.717) is 10.5 Å². The third-order valence-electron chi connectivity index (χ3n) is 2.27. The Kier molecular flexibility index (Phi) is 3.78. The molecule has 0 spiro atoms. The van der Waals surface area contributed by atoms with Crippen molar-refractivity contribution in [3.8, 4) is 0 Å². The fraction of sp³-hybridized carbons (Fsp3) is 0.0833. The van der Waals surface area contributed by atoms with E-state index in [4.69, 9.17) is 0 Å². The Hall–Kier alpha value is -1.66. The summed E-state index contributed by atoms with van der Waals surface area (Å²) in [6.07, 6.45) is 0. The van der Waals surface area contributed by atoms with Gasteiger partial charge in [0, 0.05) is 11.6 Å². The number of ketones is 1. The Morgan fingerprint density at radius 2 is 2.17 bits per heavy atom. The number of hydrogen-bond acceptors (Lipinski definition) is 5. The van der Waals surface area contributed by atoms with E-state index < -0.39 is 4.92 Å². The van der Waals surface area contributed by atoms with Crippen molar-refractivity contribution in [2.45, 2.75) is 16.0 Å². The predicted molar refractivity (Wildman–Crippen MR) is 71.5 cm³/mol. The zero-order valence-electron chi connectivity index (χ0n) is 9.45. The number of thiophene rings is 1. The van der Waals surface area contributed by atoms with Crippen molar-refractivity contribution in [3.63, 3.8) is 0 Å². The van der Waals surface area contributed by atoms with Gasteiger partial charge in [-0.3, -0.25) is 14.9 Å². The number of carbonyl (C=O) groups excluding carboxylic acids is 1. The average Bonchev–Trinajstić information content (AvgIpc) is 2.81. The summed E-state index contributed by atoms with van der Waals surface area (Å²) in [7, 11) is 0. The first kappa shape index (κ1) is 12.8. The molecule has 1 aromatic carbocycles. The molecule has 0 bridgehead atoms. The lowest BCUT2D eigenvalue weighted by Gasteiger charge is -2.02. The number of nitro benzene ring substituents is 1. The molecular weight excluding hydrogens is 270 g/mol. The van der Waals surface area contributed by atoms with Gasteiger partial charge < -0.3 is 0 Å². The maximum atomic E-state index is 11.2. The molecule has 0 aliphatic carbocycles. The predicted octanol–water partition coefficient (Wildman–Crippen LogP) is 4.01. The Morgan fingerprint density at radius 1 is 1.39 bits per heavy atom. The topological polar surface area (TPSA) is 60.2 Å². The van der Waals surface area contributed by atoms with E-state index in [1.165, 1.54) is 36.1 Å². The van der Waals surface area contributed by atoms with Gasteiger partial charge in [-0.1, -0.05) is 17.8 Å². The summed E-state index contributed by atoms with van der Waals surface area (Å²) in [5.41, 5.74) is 0.332. The standard InChI is InChI=1S/C12H9NO3S2/c1-8(14)9-4-5-11(10(7-9)13(15)16)18-12-3-2-6-17-12/h2-7H,1H3. The van der Waals surface area contributed by atoms with Crippen LogP contribution in [0.1, 0.15) is 17.3 Å². The number of benzene rings is 1. The molecule has 18 heavy (non-hydrogen) atoms. The van der Waals surface area contributed by atoms with Crippen LogP contribution in [0.4, 0.5) is 5.69 Å². The highest BCUT2D eigenvalue weighted by molar-refractivity contribution is 8.01. The minimum absolute atomic E-state index is 0.0268. The molecule has 0 amide bonds. The summed E-state index contributed by atoms with van der Waals surface area (Å²) in [4.78, 5) is 22.3. The molecule has 0 aliphatic heterocycles. The maximum absolute atomic E-state index is 11.2. The van der Waals surface area contributed by atoms with Crippen molar-refractivity contribution >= 4 is 34.6 Å². The van der Waals surface area contributed by atoms with E-state index in [-0.39, 0.29) is 11.5 Å². The van der Waals surface area contributed by atoms with Gasteiger partial charge in [0.15, 0.2) is 5.78 Å². The summed E-state index contributed by atoms with van der Waals surface area (Å²) in [6.45, 7) is 1.39. The molecule has 6 heteroatoms. The fourth-order valence-electron chi connectivity index (χ4n) is 1.40. The lowest BCUT2D eigenvalue weighted by atomic mass is 10.1. The van der Waals surface area contributed by atoms with Crippen LogP contribution >= 0.6 is 23.1 Å². The molecule has 2 rings (SSSR count). The lowest BCUT2D eigenvalue weighted by molar-refractivity contribution is -0.387. The highest BCUT2D eigenvalue weighted by atomic mass is 32.2. The van der Waals surface area contributed by atoms with E-state index in [0.717, 1.165) is 4.21 Å². The van der Waals surface area contributed by atoms with Crippen molar-refractivity contribution in [2.75, 3.05) is 0 Å². The molecule has 2 aromatic rings. The molecular formula is C12H9NO3S2. The monoisotopic (exact) mass is 279 g/mol. The summed E-state index contributed by atoms with van der Waals surface area (Å²) < 4.78 is 0.980. The van der Waals surface area contributed by atoms with Crippen LogP contribution in [0.25, 0.3) is 0 Å². The van der Waals surface area contributed by atoms with Crippen molar-refractivity contribution < 1.29 is 9.72 Å². The van der Waals surface area contributed by atoms with Crippen LogP contribution in [0.15, 0.2) is 44.8 Å². The number of rotatable bonds is 4. The normalized spacial score (nSPS) is 10.3. The van der Waals surface area contributed by atoms with Gasteiger partial charge >= 0.3 is 0 Å². The molecule has 0 saturated carbocycles. The van der Waals surface area contributed by atoms with Gasteiger partial charge in [-0.25, -0.2) is 0 Å². The molecule has 0 fully saturated rings. The Bertz CT molecular complexity index is 593. The average molecular weight is 279 g/mol. The SMILES string of the molecule is CC(=O)c1ccc(Sc2cccs2)c([N+](=O)[O-])c1. The molecule has 0 N–H and O–H groups in total. The fourth-order valence-corrected chi connectivity index (χ4v) is 3.21. The molecule has 0 unspecified atom stereocenters. The van der Waals surface area contributed by atoms with Crippen LogP contribution in [0.5, 0.6) is 0 Å². The number of Topliss-reactive ketones (excluding diaryl/α,β-unsaturated/α-hetero) is 1. The third-order valence-corrected chi connectivity index (χ3v) is 4.37. The van der Waals surface area contributed by atoms with Crippen LogP contribution in [0.2, 0.25) is 0 Å². The van der Waals surface area contributed by atoms with Crippen LogP contribution in [-0.2, 0) is 0 Å². The molecule has 92 valence electrons. The third kappa shape index (κ3) is 2.77. The number of nitro groups is 1. The molecule has 1 aromatic heterocycles. The number of carbonyl (C=O) groups is 1. The second-order valence-corrected chi connectivity index (χ2v) is 5.82. The highest BCUT2D eigenvalue weighted by Gasteiger charge is 2.17. The second-order valence-electron chi connectivity index (χ2n) is 3.53. The van der Waals surface area contributed by atoms with Gasteiger partial charge in [0.1, 0.15) is 0 Å². The zero-order valence-corrected chi connectivity index (χ0v) is 11.1. The minimum Gasteiger partial charge on any atom is -0.295 e. The van der Waals surface area contributed by atoms with Crippen molar-refractivity contribution in [1.82, 2.24) is 0 Å². The largest absolute Gasteiger partial charge is 0.295 e. The minimum atomic E-state index is -0.456. The van der Waals surface area contributed by atoms with E-state index in [9.17, 15) is 14.9 Å². The zero-order chi connectivity index (χ0) is 13.1. The number of hydrogen-bond donors (Lipinski definition) is 0. The molecule has 0 aliphatic rings. The van der Waals surface area contributed by atoms with Crippen LogP contribution in [-0.4, -0.2) is 10.7 Å². The summed E-state index contributed by atoms with van der Waals surface area (Å²) in [5, 5.41) is 12.9. The van der Waals surface area contributed by atoms with Gasteiger partial charge in [0.25, 0.3) is 5.69 Å². The summed E-state index contributed by atoms with van der Waals surface area (Å²) in [6, 6.07) is 8.36. The van der Waals surface area contributed by atoms with Crippen molar-refractivity contribution in [2.24, 2.45) is 0 Å². The smallest absolute Gasteiger partial charge is 0.283 e. The van der Waals surface area contributed by atoms with E-state index in [1.807, 2.05) is 17.5 Å². The molecule has 0 radical (unpaired) electrons. The molecule has 4 nitrogen and oxygen atoms in total. The van der Waals surface area contributed by atoms with Crippen molar-refractivity contribution in [1.29, 1.82) is 0 Å². The second kappa shape index (κ2) is 5.32. The summed E-state index contributed by atoms with van der Waals surface area (Å²) in [5.74, 6) is -0.175. The van der Waals surface area contributed by atoms with E-state index in [1.54, 1.807) is 12.1 Å². The van der Waals surface area contributed by atoms with E-state index >= 15 is 0 Å². The lowest BCUT2D eigenvalue weighted by Crippen LogP contribution is -1.96. The van der Waals surface area contributed by atoms with Crippen LogP contribution < -0.4 is 0 Å². The Balaban J connectivity index is 2.40. The van der Waals surface area contributed by atoms with Crippen molar-refractivity contribution in [3.05, 3.63) is 51.4 Å². The first-order valence-electron chi connectivity index (χ1n) is 5.08. The van der Waals surface area contributed by atoms with Crippen LogP contribution in [0.3, 0.4) is 0 Å². The molecule has 1 heterocycles. The van der Waals surface area contributed by atoms with Gasteiger partial charge in [-0.2, -0.15) is 0 Å². The Morgan fingerprint density at radius 3 is 2.72 bits per heavy atom. The van der Waals surface area contributed by atoms with Gasteiger partial charge in [0.05, 0.1) is 14.0 Å². The van der Waals surface area contributed by atoms with E-state index in [2.05, 4.69) is 0 Å². The van der Waals surface area contributed by atoms with Gasteiger partial charge in [0.2, 0.25) is 0 Å². The van der Waals surface area contributed by atoms with Crippen LogP contribution in [0, 0.1) is 10.1 Å². The Labute approximate surface area is 112 Å². The molecule has 0 saturated heterocycles. The summed E-state index contributed by atoms with van der Waals surface area (Å²) >= 11 is 2.86. The highest BCUT2D eigenvalue weighted by Crippen LogP contribution is 2.37. The number of nitrogens with zero attached hydrogens (tertiary/aromatic N) is 1. The molecule has 0 atom stereocenters. The quantitative estimate of drug-likeness (QED) is 0.482. The van der Waals surface area contributed by atoms with Gasteiger partial charge in [-0.05, 0) is 30.5 Å². The first-order chi connectivity index (χ1) is 8.58. The van der Waals surface area contributed by atoms with Gasteiger partial charge in [-0.15, -0.1) is 11.3 Å². The first-order valence-corrected chi connectivity index (χ1v) is 6.78.